The highest BCUT2D eigenvalue weighted by Gasteiger charge is 2.50. The Morgan fingerprint density at radius 3 is 2.88 bits per heavy atom. The Bertz CT molecular complexity index is 836. The Morgan fingerprint density at radius 2 is 2.23 bits per heavy atom. The SMILES string of the molecule is COc1cc(C(=O)N2CCC3(CC(NC(=O)c4cnn(C)c4)C3)C2)on1. The molecule has 26 heavy (non-hydrogen) atoms. The van der Waals surface area contributed by atoms with Crippen LogP contribution in [0.1, 0.15) is 40.2 Å². The largest absolute Gasteiger partial charge is 0.479 e. The number of ether oxygens (including phenoxy) is 1. The molecule has 2 aliphatic rings. The van der Waals surface area contributed by atoms with Crippen LogP contribution in [0.3, 0.4) is 0 Å². The van der Waals surface area contributed by atoms with E-state index in [9.17, 15) is 9.59 Å². The van der Waals surface area contributed by atoms with Gasteiger partial charge in [-0.15, -0.1) is 0 Å². The normalized spacial score (nSPS) is 24.5. The average Bonchev–Trinajstić information content (AvgIpc) is 3.32. The molecule has 0 unspecified atom stereocenters. The van der Waals surface area contributed by atoms with Crippen LogP contribution in [0.25, 0.3) is 0 Å². The summed E-state index contributed by atoms with van der Waals surface area (Å²) < 4.78 is 11.6. The topological polar surface area (TPSA) is 102 Å². The quantitative estimate of drug-likeness (QED) is 0.868. The number of hydrogen-bond acceptors (Lipinski definition) is 6. The molecule has 2 amide bonds. The molecule has 3 heterocycles. The summed E-state index contributed by atoms with van der Waals surface area (Å²) in [6.45, 7) is 1.36. The first-order chi connectivity index (χ1) is 12.5. The van der Waals surface area contributed by atoms with Gasteiger partial charge in [-0.05, 0) is 29.8 Å². The summed E-state index contributed by atoms with van der Waals surface area (Å²) in [7, 11) is 3.26. The first-order valence-electron chi connectivity index (χ1n) is 8.57. The fourth-order valence-corrected chi connectivity index (χ4v) is 3.95. The third kappa shape index (κ3) is 2.93. The molecule has 2 fully saturated rings. The lowest BCUT2D eigenvalue weighted by molar-refractivity contribution is 0.0588. The van der Waals surface area contributed by atoms with Gasteiger partial charge < -0.3 is 19.5 Å². The molecule has 1 saturated carbocycles. The maximum atomic E-state index is 12.5. The van der Waals surface area contributed by atoms with Crippen LogP contribution in [0.15, 0.2) is 23.0 Å². The highest BCUT2D eigenvalue weighted by molar-refractivity contribution is 5.94. The Balaban J connectivity index is 1.31. The van der Waals surface area contributed by atoms with Gasteiger partial charge in [0.15, 0.2) is 0 Å². The van der Waals surface area contributed by atoms with Crippen molar-refractivity contribution in [2.24, 2.45) is 12.5 Å². The highest BCUT2D eigenvalue weighted by atomic mass is 16.5. The van der Waals surface area contributed by atoms with E-state index >= 15 is 0 Å². The van der Waals surface area contributed by atoms with E-state index in [0.717, 1.165) is 19.3 Å². The summed E-state index contributed by atoms with van der Waals surface area (Å²) in [4.78, 5) is 26.5. The number of nitrogens with zero attached hydrogens (tertiary/aromatic N) is 4. The zero-order chi connectivity index (χ0) is 18.3. The third-order valence-electron chi connectivity index (χ3n) is 5.30. The highest BCUT2D eigenvalue weighted by Crippen LogP contribution is 2.48. The predicted molar refractivity (Wildman–Crippen MR) is 89.7 cm³/mol. The molecule has 138 valence electrons. The minimum Gasteiger partial charge on any atom is -0.479 e. The summed E-state index contributed by atoms with van der Waals surface area (Å²) in [6, 6.07) is 1.65. The Hall–Kier alpha value is -2.84. The molecule has 4 rings (SSSR count). The van der Waals surface area contributed by atoms with Crippen LogP contribution in [0.2, 0.25) is 0 Å². The van der Waals surface area contributed by atoms with E-state index in [1.165, 1.54) is 13.2 Å². The maximum Gasteiger partial charge on any atom is 0.292 e. The zero-order valence-corrected chi connectivity index (χ0v) is 14.8. The van der Waals surface area contributed by atoms with Crippen molar-refractivity contribution in [1.29, 1.82) is 0 Å². The summed E-state index contributed by atoms with van der Waals surface area (Å²) in [5.41, 5.74) is 0.656. The van der Waals surface area contributed by atoms with Crippen molar-refractivity contribution >= 4 is 11.8 Å². The molecular weight excluding hydrogens is 338 g/mol. The standard InChI is InChI=1S/C17H21N5O4/c1-21-9-11(8-18-21)15(23)19-12-6-17(7-12)3-4-22(10-17)16(24)13-5-14(25-2)20-26-13/h5,8-9,12H,3-4,6-7,10H2,1-2H3,(H,19,23). The van der Waals surface area contributed by atoms with Gasteiger partial charge in [-0.1, -0.05) is 0 Å². The van der Waals surface area contributed by atoms with E-state index in [1.54, 1.807) is 29.0 Å². The molecule has 2 aromatic rings. The average molecular weight is 359 g/mol. The molecule has 0 radical (unpaired) electrons. The lowest BCUT2D eigenvalue weighted by atomic mass is 9.65. The van der Waals surface area contributed by atoms with Gasteiger partial charge in [0, 0.05) is 32.4 Å². The van der Waals surface area contributed by atoms with Crippen LogP contribution in [0, 0.1) is 5.41 Å². The monoisotopic (exact) mass is 359 g/mol. The molecular formula is C17H21N5O4. The molecule has 9 nitrogen and oxygen atoms in total. The fraction of sp³-hybridized carbons (Fsp3) is 0.529. The summed E-state index contributed by atoms with van der Waals surface area (Å²) >= 11 is 0. The number of aryl methyl sites for hydroxylation is 1. The summed E-state index contributed by atoms with van der Waals surface area (Å²) in [5, 5.41) is 10.7. The van der Waals surface area contributed by atoms with Crippen LogP contribution < -0.4 is 10.1 Å². The van der Waals surface area contributed by atoms with E-state index in [2.05, 4.69) is 15.6 Å². The van der Waals surface area contributed by atoms with Gasteiger partial charge in [0.2, 0.25) is 5.76 Å². The Kier molecular flexibility index (Phi) is 3.93. The van der Waals surface area contributed by atoms with Crippen molar-refractivity contribution in [2.45, 2.75) is 25.3 Å². The lowest BCUT2D eigenvalue weighted by Gasteiger charge is -2.45. The van der Waals surface area contributed by atoms with E-state index in [1.807, 2.05) is 0 Å². The number of rotatable bonds is 4. The molecule has 1 aliphatic carbocycles. The van der Waals surface area contributed by atoms with Crippen LogP contribution in [0.5, 0.6) is 5.88 Å². The third-order valence-corrected chi connectivity index (χ3v) is 5.30. The van der Waals surface area contributed by atoms with Crippen molar-refractivity contribution in [3.63, 3.8) is 0 Å². The first kappa shape index (κ1) is 16.6. The molecule has 1 aliphatic heterocycles. The fourth-order valence-electron chi connectivity index (χ4n) is 3.95. The smallest absolute Gasteiger partial charge is 0.292 e. The maximum absolute atomic E-state index is 12.5. The van der Waals surface area contributed by atoms with Gasteiger partial charge in [0.25, 0.3) is 17.7 Å². The van der Waals surface area contributed by atoms with E-state index < -0.39 is 0 Å². The lowest BCUT2D eigenvalue weighted by Crippen LogP contribution is -2.52. The second-order valence-electron chi connectivity index (χ2n) is 7.19. The number of carbonyl (C=O) groups excluding carboxylic acids is 2. The number of amides is 2. The van der Waals surface area contributed by atoms with E-state index in [4.69, 9.17) is 9.26 Å². The molecule has 2 aromatic heterocycles. The van der Waals surface area contributed by atoms with Crippen LogP contribution in [-0.2, 0) is 7.05 Å². The zero-order valence-electron chi connectivity index (χ0n) is 14.8. The van der Waals surface area contributed by atoms with Gasteiger partial charge in [-0.2, -0.15) is 5.10 Å². The molecule has 0 atom stereocenters. The first-order valence-corrected chi connectivity index (χ1v) is 8.57. The summed E-state index contributed by atoms with van der Waals surface area (Å²) in [6.07, 6.45) is 5.95. The molecule has 1 spiro atoms. The van der Waals surface area contributed by atoms with Gasteiger partial charge in [0.1, 0.15) is 0 Å². The summed E-state index contributed by atoms with van der Waals surface area (Å²) in [5.74, 6) is 0.224. The minimum absolute atomic E-state index is 0.0899. The molecule has 0 bridgehead atoms. The van der Waals surface area contributed by atoms with Gasteiger partial charge >= 0.3 is 0 Å². The second-order valence-corrected chi connectivity index (χ2v) is 7.19. The number of hydrogen-bond donors (Lipinski definition) is 1. The van der Waals surface area contributed by atoms with Crippen molar-refractivity contribution in [2.75, 3.05) is 20.2 Å². The predicted octanol–water partition coefficient (Wildman–Crippen LogP) is 0.841. The molecule has 9 heteroatoms. The minimum atomic E-state index is -0.166. The molecule has 0 aromatic carbocycles. The molecule has 1 saturated heterocycles. The van der Waals surface area contributed by atoms with Gasteiger partial charge in [-0.25, -0.2) is 0 Å². The second kappa shape index (κ2) is 6.15. The van der Waals surface area contributed by atoms with Crippen LogP contribution >= 0.6 is 0 Å². The number of aromatic nitrogens is 3. The van der Waals surface area contributed by atoms with Crippen molar-refractivity contribution in [1.82, 2.24) is 25.2 Å². The molecule has 1 N–H and O–H groups in total. The van der Waals surface area contributed by atoms with Gasteiger partial charge in [-0.3, -0.25) is 14.3 Å². The van der Waals surface area contributed by atoms with Crippen molar-refractivity contribution in [3.8, 4) is 5.88 Å². The van der Waals surface area contributed by atoms with Gasteiger partial charge in [0.05, 0.1) is 24.9 Å². The number of nitrogens with one attached hydrogen (secondary N) is 1. The van der Waals surface area contributed by atoms with Crippen LogP contribution in [-0.4, -0.2) is 57.9 Å². The number of methoxy groups -OCH3 is 1. The Morgan fingerprint density at radius 1 is 1.42 bits per heavy atom. The number of carbonyl (C=O) groups is 2. The van der Waals surface area contributed by atoms with E-state index in [0.29, 0.717) is 24.5 Å². The van der Waals surface area contributed by atoms with Crippen molar-refractivity contribution < 1.29 is 18.8 Å². The van der Waals surface area contributed by atoms with Crippen LogP contribution in [0.4, 0.5) is 0 Å². The van der Waals surface area contributed by atoms with E-state index in [-0.39, 0.29) is 29.0 Å². The Labute approximate surface area is 150 Å². The van der Waals surface area contributed by atoms with Crippen molar-refractivity contribution in [3.05, 3.63) is 29.8 Å². The number of likely N-dealkylation sites (tertiary alicyclic amines) is 1.